The van der Waals surface area contributed by atoms with Crippen LogP contribution >= 0.6 is 47.0 Å². The molecule has 228 valence electrons. The van der Waals surface area contributed by atoms with Crippen molar-refractivity contribution in [2.75, 3.05) is 0 Å². The maximum absolute atomic E-state index is 5.20. The number of benzene rings is 5. The number of hydrogen-bond donors (Lipinski definition) is 0. The van der Waals surface area contributed by atoms with Crippen LogP contribution in [0.4, 0.5) is 5.69 Å². The summed E-state index contributed by atoms with van der Waals surface area (Å²) in [7, 11) is 0. The summed E-state index contributed by atoms with van der Waals surface area (Å²) in [5.41, 5.74) is 2.30. The average Bonchev–Trinajstić information content (AvgIpc) is 3.09. The minimum Gasteiger partial charge on any atom is -0.261 e. The molecule has 5 heteroatoms. The molecule has 1 aliphatic carbocycles. The summed E-state index contributed by atoms with van der Waals surface area (Å²) in [5.74, 6) is 1.25. The van der Waals surface area contributed by atoms with Gasteiger partial charge in [0.05, 0.1) is 14.9 Å². The van der Waals surface area contributed by atoms with Crippen molar-refractivity contribution in [3.63, 3.8) is 0 Å². The summed E-state index contributed by atoms with van der Waals surface area (Å²) >= 11 is 8.11. The van der Waals surface area contributed by atoms with Crippen molar-refractivity contribution >= 4 is 58.9 Å². The molecule has 1 aliphatic rings. The van der Waals surface area contributed by atoms with Gasteiger partial charge in [0.25, 0.3) is 0 Å². The van der Waals surface area contributed by atoms with Gasteiger partial charge in [-0.1, -0.05) is 96.9 Å². The first-order valence-corrected chi connectivity index (χ1v) is 19.2. The minimum atomic E-state index is 0.329. The number of hydrogen-bond acceptors (Lipinski definition) is 5. The number of aryl methyl sites for hydroxylation is 1. The number of nitrogens with zero attached hydrogens (tertiary/aromatic N) is 1. The molecule has 5 aromatic rings. The van der Waals surface area contributed by atoms with Crippen molar-refractivity contribution in [3.8, 4) is 0 Å². The molecule has 0 saturated heterocycles. The first-order valence-electron chi connectivity index (χ1n) is 15.7. The van der Waals surface area contributed by atoms with E-state index in [2.05, 4.69) is 159 Å². The molecule has 1 nitrogen and oxygen atoms in total. The van der Waals surface area contributed by atoms with Crippen LogP contribution in [0.2, 0.25) is 0 Å². The van der Waals surface area contributed by atoms with E-state index in [1.807, 2.05) is 47.0 Å². The van der Waals surface area contributed by atoms with Gasteiger partial charge in [-0.05, 0) is 92.3 Å². The lowest BCUT2D eigenvalue weighted by Gasteiger charge is -2.42. The smallest absolute Gasteiger partial charge is 0.0631 e. The van der Waals surface area contributed by atoms with Gasteiger partial charge < -0.3 is 0 Å². The Balaban J connectivity index is 1.39. The molecule has 2 atom stereocenters. The van der Waals surface area contributed by atoms with Gasteiger partial charge >= 0.3 is 0 Å². The molecule has 6 rings (SSSR count). The van der Waals surface area contributed by atoms with Crippen molar-refractivity contribution in [2.24, 2.45) is 22.7 Å². The summed E-state index contributed by atoms with van der Waals surface area (Å²) in [6.45, 7) is 2.14. The van der Waals surface area contributed by atoms with Crippen LogP contribution in [-0.4, -0.2) is 15.4 Å². The molecular weight excluding hydrogens is 623 g/mol. The van der Waals surface area contributed by atoms with Gasteiger partial charge in [0.1, 0.15) is 0 Å². The summed E-state index contributed by atoms with van der Waals surface area (Å²) in [5, 5.41) is 0. The molecule has 5 aromatic carbocycles. The highest BCUT2D eigenvalue weighted by Gasteiger charge is 2.42. The first kappa shape index (κ1) is 32.1. The third kappa shape index (κ3) is 9.36. The maximum Gasteiger partial charge on any atom is 0.0631 e. The van der Waals surface area contributed by atoms with Crippen LogP contribution < -0.4 is 0 Å². The van der Waals surface area contributed by atoms with Crippen molar-refractivity contribution in [3.05, 3.63) is 151 Å². The van der Waals surface area contributed by atoms with E-state index >= 15 is 0 Å². The molecule has 0 spiro atoms. The third-order valence-electron chi connectivity index (χ3n) is 8.17. The molecule has 0 amide bonds. The molecule has 1 fully saturated rings. The van der Waals surface area contributed by atoms with E-state index in [-0.39, 0.29) is 0 Å². The van der Waals surface area contributed by atoms with Crippen LogP contribution in [-0.2, 0) is 0 Å². The molecule has 2 unspecified atom stereocenters. The minimum absolute atomic E-state index is 0.329. The van der Waals surface area contributed by atoms with Gasteiger partial charge in [0.2, 0.25) is 0 Å². The van der Waals surface area contributed by atoms with E-state index in [9.17, 15) is 0 Å². The van der Waals surface area contributed by atoms with E-state index in [0.717, 1.165) is 5.69 Å². The zero-order valence-electron chi connectivity index (χ0n) is 25.5. The van der Waals surface area contributed by atoms with Gasteiger partial charge in [-0.15, -0.1) is 47.0 Å². The summed E-state index contributed by atoms with van der Waals surface area (Å²) in [6, 6.07) is 52.5. The fraction of sp³-hybridized carbons (Fsp3) is 0.225. The van der Waals surface area contributed by atoms with E-state index in [1.165, 1.54) is 44.4 Å². The third-order valence-corrected chi connectivity index (χ3v) is 13.8. The highest BCUT2D eigenvalue weighted by atomic mass is 32.2. The van der Waals surface area contributed by atoms with Gasteiger partial charge in [0.15, 0.2) is 0 Å². The lowest BCUT2D eigenvalue weighted by Crippen LogP contribution is -2.38. The average molecular weight is 662 g/mol. The zero-order chi connectivity index (χ0) is 30.7. The predicted molar refractivity (Wildman–Crippen MR) is 200 cm³/mol. The Morgan fingerprint density at radius 1 is 0.511 bits per heavy atom. The van der Waals surface area contributed by atoms with E-state index in [0.29, 0.717) is 26.9 Å². The highest BCUT2D eigenvalue weighted by molar-refractivity contribution is 8.17. The fourth-order valence-electron chi connectivity index (χ4n) is 5.88. The fourth-order valence-corrected chi connectivity index (χ4v) is 11.9. The predicted octanol–water partition coefficient (Wildman–Crippen LogP) is 12.6. The van der Waals surface area contributed by atoms with Crippen LogP contribution in [0.5, 0.6) is 0 Å². The molecule has 0 aromatic heterocycles. The van der Waals surface area contributed by atoms with Crippen LogP contribution in [0.15, 0.2) is 170 Å². The topological polar surface area (TPSA) is 12.4 Å². The Morgan fingerprint density at radius 3 is 1.22 bits per heavy atom. The highest BCUT2D eigenvalue weighted by Crippen LogP contribution is 2.53. The van der Waals surface area contributed by atoms with Crippen LogP contribution in [0.3, 0.4) is 0 Å². The molecule has 0 heterocycles. The molecule has 0 aliphatic heterocycles. The largest absolute Gasteiger partial charge is 0.261 e. The van der Waals surface area contributed by atoms with Gasteiger partial charge in [-0.25, -0.2) is 0 Å². The van der Waals surface area contributed by atoms with Gasteiger partial charge in [-0.2, -0.15) is 0 Å². The standard InChI is InChI=1S/C40H39NS4/c1-30-25-27-31(28-26-30)41-29-38-36(39(42-32-15-6-2-7-16-32)43-33-17-8-3-9-18-33)23-14-24-37(38)40(44-34-19-10-4-11-20-34)45-35-21-12-5-13-22-35/h2-13,15-22,25-29,36-40H,14,23-24H2,1H3. The summed E-state index contributed by atoms with van der Waals surface area (Å²) in [6.07, 6.45) is 5.97. The Hall–Kier alpha value is -2.83. The van der Waals surface area contributed by atoms with Gasteiger partial charge in [0, 0.05) is 31.7 Å². The van der Waals surface area contributed by atoms with E-state index < -0.39 is 0 Å². The monoisotopic (exact) mass is 661 g/mol. The Bertz CT molecular complexity index is 1420. The molecule has 0 bridgehead atoms. The molecular formula is C40H39NS4. The Morgan fingerprint density at radius 2 is 0.867 bits per heavy atom. The molecule has 0 radical (unpaired) electrons. The van der Waals surface area contributed by atoms with Crippen molar-refractivity contribution in [1.29, 1.82) is 0 Å². The van der Waals surface area contributed by atoms with E-state index in [1.54, 1.807) is 0 Å². The van der Waals surface area contributed by atoms with Crippen molar-refractivity contribution in [2.45, 2.75) is 54.9 Å². The van der Waals surface area contributed by atoms with Crippen molar-refractivity contribution < 1.29 is 0 Å². The lowest BCUT2D eigenvalue weighted by molar-refractivity contribution is 0.241. The first-order chi connectivity index (χ1) is 22.2. The molecule has 1 saturated carbocycles. The van der Waals surface area contributed by atoms with Gasteiger partial charge in [-0.3, -0.25) is 4.99 Å². The number of thioether (sulfide) groups is 4. The molecule has 45 heavy (non-hydrogen) atoms. The second kappa shape index (κ2) is 16.6. The normalized spacial score (nSPS) is 18.5. The second-order valence-corrected chi connectivity index (χ2v) is 16.9. The Labute approximate surface area is 286 Å². The summed E-state index contributed by atoms with van der Waals surface area (Å²) in [4.78, 5) is 10.5. The summed E-state index contributed by atoms with van der Waals surface area (Å²) < 4.78 is 0.715. The number of aliphatic imine (C=N–C) groups is 1. The van der Waals surface area contributed by atoms with Crippen molar-refractivity contribution in [1.82, 2.24) is 0 Å². The SMILES string of the molecule is Cc1ccc(N=CC2C(C(Sc3ccccc3)Sc3ccccc3)CCCC2C(Sc2ccccc2)Sc2ccccc2)cc1. The van der Waals surface area contributed by atoms with Crippen LogP contribution in [0.25, 0.3) is 0 Å². The molecule has 0 N–H and O–H groups in total. The zero-order valence-corrected chi connectivity index (χ0v) is 28.8. The second-order valence-electron chi connectivity index (χ2n) is 11.4. The van der Waals surface area contributed by atoms with E-state index in [4.69, 9.17) is 4.99 Å². The Kier molecular flexibility index (Phi) is 11.9. The van der Waals surface area contributed by atoms with Crippen LogP contribution in [0, 0.1) is 24.7 Å². The van der Waals surface area contributed by atoms with Crippen LogP contribution in [0.1, 0.15) is 24.8 Å². The quantitative estimate of drug-likeness (QED) is 0.0749. The lowest BCUT2D eigenvalue weighted by atomic mass is 9.73. The number of rotatable bonds is 12. The maximum atomic E-state index is 5.20.